The van der Waals surface area contributed by atoms with E-state index >= 15 is 0 Å². The number of nitrogens with one attached hydrogen (secondary N) is 1. The maximum absolute atomic E-state index is 14.1. The lowest BCUT2D eigenvalue weighted by atomic mass is 10.0. The quantitative estimate of drug-likeness (QED) is 0.843. The van der Waals surface area contributed by atoms with Crippen molar-refractivity contribution in [3.05, 3.63) is 24.2 Å². The van der Waals surface area contributed by atoms with Crippen LogP contribution in [0.3, 0.4) is 0 Å². The van der Waals surface area contributed by atoms with Crippen molar-refractivity contribution >= 4 is 17.8 Å². The van der Waals surface area contributed by atoms with Crippen LogP contribution in [0.2, 0.25) is 0 Å². The average Bonchev–Trinajstić information content (AvgIpc) is 3.13. The fourth-order valence-electron chi connectivity index (χ4n) is 2.47. The minimum atomic E-state index is -2.43. The number of furan rings is 1. The molecule has 0 aliphatic carbocycles. The van der Waals surface area contributed by atoms with E-state index in [1.807, 2.05) is 0 Å². The van der Waals surface area contributed by atoms with Crippen molar-refractivity contribution in [3.63, 3.8) is 0 Å². The van der Waals surface area contributed by atoms with Crippen molar-refractivity contribution in [2.45, 2.75) is 32.0 Å². The Morgan fingerprint density at radius 1 is 1.43 bits per heavy atom. The zero-order valence-corrected chi connectivity index (χ0v) is 12.9. The summed E-state index contributed by atoms with van der Waals surface area (Å²) in [5.41, 5.74) is -2.43. The highest BCUT2D eigenvalue weighted by Gasteiger charge is 2.48. The Balaban J connectivity index is 2.08. The number of carbonyl (C=O) groups excluding carboxylic acids is 2. The maximum Gasteiger partial charge on any atom is 0.343 e. The first-order valence-corrected chi connectivity index (χ1v) is 7.30. The van der Waals surface area contributed by atoms with Crippen LogP contribution in [0.5, 0.6) is 0 Å². The van der Waals surface area contributed by atoms with Crippen LogP contribution in [0, 0.1) is 5.92 Å². The molecule has 1 fully saturated rings. The summed E-state index contributed by atoms with van der Waals surface area (Å²) in [5.74, 6) is -2.81. The van der Waals surface area contributed by atoms with Crippen LogP contribution >= 0.6 is 0 Å². The zero-order valence-electron chi connectivity index (χ0n) is 12.9. The standard InChI is InChI=1S/C15H19FN2O5/c1-9(2)11(17-12(19)10-4-3-7-23-10)13(20)18-6-5-15(16,8-18)14(21)22/h3-4,7,9,11H,5-6,8H2,1-2H3,(H,17,19)(H,21,22). The number of alkyl halides is 1. The van der Waals surface area contributed by atoms with Gasteiger partial charge in [-0.25, -0.2) is 9.18 Å². The third kappa shape index (κ3) is 3.52. The number of carboxylic acid groups (broad SMARTS) is 1. The molecule has 2 rings (SSSR count). The third-order valence-electron chi connectivity index (χ3n) is 3.88. The molecule has 2 unspecified atom stereocenters. The van der Waals surface area contributed by atoms with Crippen LogP contribution < -0.4 is 5.32 Å². The number of aliphatic carboxylic acids is 1. The Kier molecular flexibility index (Phi) is 4.72. The number of amides is 2. The number of hydrogen-bond donors (Lipinski definition) is 2. The van der Waals surface area contributed by atoms with Crippen molar-refractivity contribution in [2.24, 2.45) is 5.92 Å². The smallest absolute Gasteiger partial charge is 0.343 e. The van der Waals surface area contributed by atoms with Crippen LogP contribution in [0.1, 0.15) is 30.8 Å². The zero-order chi connectivity index (χ0) is 17.2. The predicted octanol–water partition coefficient (Wildman–Crippen LogP) is 1.06. The molecular weight excluding hydrogens is 307 g/mol. The lowest BCUT2D eigenvalue weighted by Crippen LogP contribution is -2.51. The van der Waals surface area contributed by atoms with Crippen molar-refractivity contribution < 1.29 is 28.3 Å². The molecule has 1 aliphatic heterocycles. The maximum atomic E-state index is 14.1. The predicted molar refractivity (Wildman–Crippen MR) is 77.5 cm³/mol. The van der Waals surface area contributed by atoms with Crippen molar-refractivity contribution in [3.8, 4) is 0 Å². The Hall–Kier alpha value is -2.38. The lowest BCUT2D eigenvalue weighted by molar-refractivity contribution is -0.150. The number of hydrogen-bond acceptors (Lipinski definition) is 4. The first-order valence-electron chi connectivity index (χ1n) is 7.30. The topological polar surface area (TPSA) is 99.9 Å². The van der Waals surface area contributed by atoms with E-state index < -0.39 is 36.0 Å². The van der Waals surface area contributed by atoms with Gasteiger partial charge < -0.3 is 19.7 Å². The molecule has 23 heavy (non-hydrogen) atoms. The normalized spacial score (nSPS) is 22.2. The van der Waals surface area contributed by atoms with Gasteiger partial charge in [0.15, 0.2) is 5.76 Å². The van der Waals surface area contributed by atoms with E-state index in [9.17, 15) is 18.8 Å². The van der Waals surface area contributed by atoms with Gasteiger partial charge in [0.25, 0.3) is 5.91 Å². The SMILES string of the molecule is CC(C)C(NC(=O)c1ccco1)C(=O)N1CCC(F)(C(=O)O)C1. The van der Waals surface area contributed by atoms with Gasteiger partial charge in [0.1, 0.15) is 6.04 Å². The van der Waals surface area contributed by atoms with Gasteiger partial charge in [0.05, 0.1) is 12.8 Å². The van der Waals surface area contributed by atoms with Crippen LogP contribution in [0.4, 0.5) is 4.39 Å². The van der Waals surface area contributed by atoms with E-state index in [0.29, 0.717) is 0 Å². The van der Waals surface area contributed by atoms with E-state index in [2.05, 4.69) is 5.32 Å². The molecular formula is C15H19FN2O5. The molecule has 1 saturated heterocycles. The van der Waals surface area contributed by atoms with E-state index in [4.69, 9.17) is 9.52 Å². The molecule has 2 atom stereocenters. The molecule has 126 valence electrons. The van der Waals surface area contributed by atoms with Crippen LogP contribution in [0.15, 0.2) is 22.8 Å². The van der Waals surface area contributed by atoms with Gasteiger partial charge in [0.2, 0.25) is 11.6 Å². The number of likely N-dealkylation sites (tertiary alicyclic amines) is 1. The molecule has 7 nitrogen and oxygen atoms in total. The minimum absolute atomic E-state index is 0.00146. The summed E-state index contributed by atoms with van der Waals surface area (Å²) < 4.78 is 19.1. The van der Waals surface area contributed by atoms with Gasteiger partial charge in [-0.1, -0.05) is 13.8 Å². The summed E-state index contributed by atoms with van der Waals surface area (Å²) in [6.07, 6.45) is 1.08. The fraction of sp³-hybridized carbons (Fsp3) is 0.533. The lowest BCUT2D eigenvalue weighted by Gasteiger charge is -2.26. The van der Waals surface area contributed by atoms with Gasteiger partial charge in [0, 0.05) is 13.0 Å². The largest absolute Gasteiger partial charge is 0.479 e. The molecule has 0 bridgehead atoms. The monoisotopic (exact) mass is 326 g/mol. The molecule has 8 heteroatoms. The number of halogens is 1. The summed E-state index contributed by atoms with van der Waals surface area (Å²) in [5, 5.41) is 11.5. The van der Waals surface area contributed by atoms with Crippen LogP contribution in [-0.2, 0) is 9.59 Å². The summed E-state index contributed by atoms with van der Waals surface area (Å²) in [6.45, 7) is 2.96. The molecule has 1 aliphatic rings. The highest BCUT2D eigenvalue weighted by molar-refractivity contribution is 5.96. The van der Waals surface area contributed by atoms with E-state index in [1.165, 1.54) is 12.3 Å². The van der Waals surface area contributed by atoms with Crippen molar-refractivity contribution in [1.82, 2.24) is 10.2 Å². The summed E-state index contributed by atoms with van der Waals surface area (Å²) in [6, 6.07) is 2.12. The van der Waals surface area contributed by atoms with E-state index in [0.717, 1.165) is 4.90 Å². The van der Waals surface area contributed by atoms with Gasteiger partial charge in [-0.15, -0.1) is 0 Å². The molecule has 2 heterocycles. The van der Waals surface area contributed by atoms with Crippen molar-refractivity contribution in [1.29, 1.82) is 0 Å². The number of carboxylic acids is 1. The van der Waals surface area contributed by atoms with Gasteiger partial charge >= 0.3 is 5.97 Å². The van der Waals surface area contributed by atoms with E-state index in [-0.39, 0.29) is 24.6 Å². The summed E-state index contributed by atoms with van der Waals surface area (Å²) >= 11 is 0. The number of rotatable bonds is 5. The molecule has 0 spiro atoms. The molecule has 2 N–H and O–H groups in total. The first kappa shape index (κ1) is 17.0. The number of carbonyl (C=O) groups is 3. The second-order valence-corrected chi connectivity index (χ2v) is 5.95. The van der Waals surface area contributed by atoms with Gasteiger partial charge in [-0.3, -0.25) is 9.59 Å². The third-order valence-corrected chi connectivity index (χ3v) is 3.88. The van der Waals surface area contributed by atoms with Crippen LogP contribution in [-0.4, -0.2) is 52.6 Å². The Bertz CT molecular complexity index is 601. The van der Waals surface area contributed by atoms with Gasteiger partial charge in [-0.2, -0.15) is 0 Å². The summed E-state index contributed by atoms with van der Waals surface area (Å²) in [4.78, 5) is 36.6. The van der Waals surface area contributed by atoms with Crippen LogP contribution in [0.25, 0.3) is 0 Å². The average molecular weight is 326 g/mol. The Morgan fingerprint density at radius 2 is 2.13 bits per heavy atom. The molecule has 1 aromatic heterocycles. The Morgan fingerprint density at radius 3 is 2.61 bits per heavy atom. The first-order chi connectivity index (χ1) is 10.7. The highest BCUT2D eigenvalue weighted by Crippen LogP contribution is 2.27. The molecule has 0 aromatic carbocycles. The van der Waals surface area contributed by atoms with E-state index in [1.54, 1.807) is 19.9 Å². The Labute approximate surface area is 132 Å². The highest BCUT2D eigenvalue weighted by atomic mass is 19.1. The van der Waals surface area contributed by atoms with Crippen molar-refractivity contribution in [2.75, 3.05) is 13.1 Å². The molecule has 0 saturated carbocycles. The molecule has 1 aromatic rings. The second-order valence-electron chi connectivity index (χ2n) is 5.95. The molecule has 2 amide bonds. The second kappa shape index (κ2) is 6.39. The number of nitrogens with zero attached hydrogens (tertiary/aromatic N) is 1. The van der Waals surface area contributed by atoms with Gasteiger partial charge in [-0.05, 0) is 18.1 Å². The summed E-state index contributed by atoms with van der Waals surface area (Å²) in [7, 11) is 0. The minimum Gasteiger partial charge on any atom is -0.479 e. The fourth-order valence-corrected chi connectivity index (χ4v) is 2.47. The molecule has 0 radical (unpaired) electrons.